The van der Waals surface area contributed by atoms with E-state index in [9.17, 15) is 0 Å². The molecule has 7 aromatic carbocycles. The third kappa shape index (κ3) is 4.59. The number of benzene rings is 7. The third-order valence-corrected chi connectivity index (χ3v) is 10.1. The van der Waals surface area contributed by atoms with Gasteiger partial charge in [-0.05, 0) is 52.1 Å². The molecule has 0 atom stereocenters. The van der Waals surface area contributed by atoms with Crippen LogP contribution < -0.4 is 0 Å². The van der Waals surface area contributed by atoms with Crippen LogP contribution in [0.25, 0.3) is 83.6 Å². The van der Waals surface area contributed by atoms with Crippen molar-refractivity contribution in [3.05, 3.63) is 187 Å². The Morgan fingerprint density at radius 1 is 0.400 bits per heavy atom. The molecule has 2 heterocycles. The lowest BCUT2D eigenvalue weighted by Gasteiger charge is -2.13. The van der Waals surface area contributed by atoms with E-state index >= 15 is 0 Å². The minimum absolute atomic E-state index is 0.755. The molecule has 0 unspecified atom stereocenters. The van der Waals surface area contributed by atoms with Crippen molar-refractivity contribution < 1.29 is 0 Å². The number of rotatable bonds is 5. The summed E-state index contributed by atoms with van der Waals surface area (Å²) in [7, 11) is 0. The van der Waals surface area contributed by atoms with Gasteiger partial charge in [0.1, 0.15) is 0 Å². The van der Waals surface area contributed by atoms with Gasteiger partial charge >= 0.3 is 0 Å². The van der Waals surface area contributed by atoms with Crippen molar-refractivity contribution in [2.24, 2.45) is 0 Å². The number of para-hydroxylation sites is 2. The number of hydrogen-bond acceptors (Lipinski definition) is 2. The molecule has 2 aromatic heterocycles. The molecule has 0 fully saturated rings. The zero-order chi connectivity index (χ0) is 33.0. The fraction of sp³-hybridized carbons (Fsp3) is 0.0213. The molecular weight excluding hydrogens is 607 g/mol. The van der Waals surface area contributed by atoms with Crippen LogP contribution in [0.1, 0.15) is 11.1 Å². The Morgan fingerprint density at radius 2 is 0.940 bits per heavy atom. The number of hydrogen-bond donors (Lipinski definition) is 0. The maximum absolute atomic E-state index is 5.26. The predicted molar refractivity (Wildman–Crippen MR) is 206 cm³/mol. The predicted octanol–water partition coefficient (Wildman–Crippen LogP) is 11.8. The molecule has 0 bridgehead atoms. The van der Waals surface area contributed by atoms with Crippen molar-refractivity contribution in [3.63, 3.8) is 0 Å². The Balaban J connectivity index is 1.03. The molecule has 1 aliphatic rings. The summed E-state index contributed by atoms with van der Waals surface area (Å²) in [5.41, 5.74) is 16.2. The first-order valence-corrected chi connectivity index (χ1v) is 17.1. The van der Waals surface area contributed by atoms with Crippen LogP contribution in [0, 0.1) is 0 Å². The van der Waals surface area contributed by atoms with E-state index in [1.807, 2.05) is 18.2 Å². The van der Waals surface area contributed by atoms with Crippen LogP contribution >= 0.6 is 0 Å². The molecule has 10 rings (SSSR count). The van der Waals surface area contributed by atoms with Crippen molar-refractivity contribution in [2.45, 2.75) is 6.42 Å². The Kier molecular flexibility index (Phi) is 6.56. The van der Waals surface area contributed by atoms with E-state index in [2.05, 4.69) is 162 Å². The smallest absolute Gasteiger partial charge is 0.160 e. The van der Waals surface area contributed by atoms with E-state index in [1.54, 1.807) is 0 Å². The molecule has 234 valence electrons. The summed E-state index contributed by atoms with van der Waals surface area (Å²) in [5.74, 6) is 0.755. The van der Waals surface area contributed by atoms with Gasteiger partial charge in [0.25, 0.3) is 0 Å². The maximum Gasteiger partial charge on any atom is 0.160 e. The molecule has 1 aliphatic carbocycles. The average molecular weight is 638 g/mol. The quantitative estimate of drug-likeness (QED) is 0.188. The van der Waals surface area contributed by atoms with E-state index in [-0.39, 0.29) is 0 Å². The van der Waals surface area contributed by atoms with Gasteiger partial charge in [-0.25, -0.2) is 9.97 Å². The lowest BCUT2D eigenvalue weighted by molar-refractivity contribution is 1.13. The first kappa shape index (κ1) is 28.4. The Labute approximate surface area is 290 Å². The Hall–Kier alpha value is -6.58. The second kappa shape index (κ2) is 11.5. The van der Waals surface area contributed by atoms with Gasteiger partial charge in [0.05, 0.1) is 22.4 Å². The van der Waals surface area contributed by atoms with Gasteiger partial charge in [-0.1, -0.05) is 152 Å². The molecule has 3 nitrogen and oxygen atoms in total. The van der Waals surface area contributed by atoms with E-state index in [0.717, 1.165) is 40.4 Å². The van der Waals surface area contributed by atoms with Crippen LogP contribution in [0.5, 0.6) is 0 Å². The molecular formula is C47H31N3. The lowest BCUT2D eigenvalue weighted by atomic mass is 9.94. The molecule has 0 saturated heterocycles. The maximum atomic E-state index is 5.26. The summed E-state index contributed by atoms with van der Waals surface area (Å²) in [4.78, 5) is 10.4. The van der Waals surface area contributed by atoms with Crippen molar-refractivity contribution >= 4 is 21.8 Å². The fourth-order valence-corrected chi connectivity index (χ4v) is 7.71. The normalized spacial score (nSPS) is 11.9. The van der Waals surface area contributed by atoms with E-state index in [4.69, 9.17) is 9.97 Å². The molecule has 50 heavy (non-hydrogen) atoms. The SMILES string of the molecule is c1ccc(-c2nc(-c3ccccc3)c3c(n2)-c2c(cccc2-c2ccc(-c4ccc(-n5c6ccccc6c6ccccc65)cc4)cc2)C3)cc1. The molecule has 0 saturated carbocycles. The van der Waals surface area contributed by atoms with Crippen molar-refractivity contribution in [1.82, 2.24) is 14.5 Å². The molecule has 0 spiro atoms. The number of nitrogens with zero attached hydrogens (tertiary/aromatic N) is 3. The summed E-state index contributed by atoms with van der Waals surface area (Å²) >= 11 is 0. The molecule has 0 amide bonds. The second-order valence-electron chi connectivity index (χ2n) is 13.0. The molecule has 0 aliphatic heterocycles. The van der Waals surface area contributed by atoms with Gasteiger partial charge in [0.15, 0.2) is 5.82 Å². The van der Waals surface area contributed by atoms with Crippen LogP contribution in [0.15, 0.2) is 176 Å². The minimum Gasteiger partial charge on any atom is -0.309 e. The van der Waals surface area contributed by atoms with E-state index < -0.39 is 0 Å². The monoisotopic (exact) mass is 637 g/mol. The molecule has 0 N–H and O–H groups in total. The van der Waals surface area contributed by atoms with Gasteiger partial charge in [-0.2, -0.15) is 0 Å². The first-order valence-electron chi connectivity index (χ1n) is 17.1. The summed E-state index contributed by atoms with van der Waals surface area (Å²) in [5, 5.41) is 2.55. The van der Waals surface area contributed by atoms with Crippen molar-refractivity contribution in [3.8, 4) is 61.8 Å². The Morgan fingerprint density at radius 3 is 1.60 bits per heavy atom. The van der Waals surface area contributed by atoms with Gasteiger partial charge in [0, 0.05) is 45.1 Å². The van der Waals surface area contributed by atoms with Gasteiger partial charge in [-0.15, -0.1) is 0 Å². The number of aromatic nitrogens is 3. The van der Waals surface area contributed by atoms with E-state index in [1.165, 1.54) is 60.8 Å². The highest BCUT2D eigenvalue weighted by atomic mass is 15.0. The summed E-state index contributed by atoms with van der Waals surface area (Å²) in [6.07, 6.45) is 0.814. The van der Waals surface area contributed by atoms with Crippen LogP contribution in [0.2, 0.25) is 0 Å². The molecule has 3 heteroatoms. The zero-order valence-corrected chi connectivity index (χ0v) is 27.3. The average Bonchev–Trinajstić information content (AvgIpc) is 3.74. The first-order chi connectivity index (χ1) is 24.8. The number of fused-ring (bicyclic) bond motifs is 6. The molecule has 9 aromatic rings. The van der Waals surface area contributed by atoms with Crippen LogP contribution in [0.3, 0.4) is 0 Å². The standard InChI is InChI=1S/C47H31N3/c1-3-12-34(13-4-1)45-41-30-36-16-11-19-38(44(36)46(41)49-47(48-45)35-14-5-2-6-15-35)33-24-22-31(23-25-33)32-26-28-37(29-27-32)50-42-20-9-7-17-39(42)40-18-8-10-21-43(40)50/h1-29H,30H2. The largest absolute Gasteiger partial charge is 0.309 e. The van der Waals surface area contributed by atoms with Gasteiger partial charge in [-0.3, -0.25) is 0 Å². The van der Waals surface area contributed by atoms with Crippen LogP contribution in [0.4, 0.5) is 0 Å². The summed E-state index contributed by atoms with van der Waals surface area (Å²) in [6, 6.07) is 62.7. The Bertz CT molecular complexity index is 2640. The van der Waals surface area contributed by atoms with E-state index in [0.29, 0.717) is 0 Å². The third-order valence-electron chi connectivity index (χ3n) is 10.1. The highest BCUT2D eigenvalue weighted by Crippen LogP contribution is 2.46. The van der Waals surface area contributed by atoms with Crippen LogP contribution in [-0.4, -0.2) is 14.5 Å². The van der Waals surface area contributed by atoms with Crippen molar-refractivity contribution in [1.29, 1.82) is 0 Å². The fourth-order valence-electron chi connectivity index (χ4n) is 7.71. The summed E-state index contributed by atoms with van der Waals surface area (Å²) in [6.45, 7) is 0. The molecule has 0 radical (unpaired) electrons. The minimum atomic E-state index is 0.755. The highest BCUT2D eigenvalue weighted by molar-refractivity contribution is 6.09. The lowest BCUT2D eigenvalue weighted by Crippen LogP contribution is -1.99. The zero-order valence-electron chi connectivity index (χ0n) is 27.3. The van der Waals surface area contributed by atoms with Gasteiger partial charge in [0.2, 0.25) is 0 Å². The second-order valence-corrected chi connectivity index (χ2v) is 13.0. The highest BCUT2D eigenvalue weighted by Gasteiger charge is 2.28. The van der Waals surface area contributed by atoms with Crippen LogP contribution in [-0.2, 0) is 6.42 Å². The van der Waals surface area contributed by atoms with Gasteiger partial charge < -0.3 is 4.57 Å². The topological polar surface area (TPSA) is 30.7 Å². The van der Waals surface area contributed by atoms with Crippen molar-refractivity contribution in [2.75, 3.05) is 0 Å². The summed E-state index contributed by atoms with van der Waals surface area (Å²) < 4.78 is 2.36.